The molecule has 2 spiro atoms. The Hall–Kier alpha value is -6.40. The normalized spacial score (nSPS) is 27.0. The summed E-state index contributed by atoms with van der Waals surface area (Å²) >= 11 is 6.51. The number of amides is 5. The maximum Gasteiger partial charge on any atom is 0.471 e. The van der Waals surface area contributed by atoms with Gasteiger partial charge >= 0.3 is 14.0 Å². The zero-order valence-corrected chi connectivity index (χ0v) is 45.7. The van der Waals surface area contributed by atoms with Gasteiger partial charge in [0, 0.05) is 90.0 Å². The van der Waals surface area contributed by atoms with Crippen LogP contribution in [0.2, 0.25) is 5.02 Å². The van der Waals surface area contributed by atoms with E-state index in [-0.39, 0.29) is 77.3 Å². The van der Waals surface area contributed by atoms with Crippen molar-refractivity contribution in [1.82, 2.24) is 25.0 Å². The number of anilines is 2. The summed E-state index contributed by atoms with van der Waals surface area (Å²) in [4.78, 5) is 97.0. The lowest BCUT2D eigenvalue weighted by Gasteiger charge is -2.51. The Labute approximate surface area is 465 Å². The van der Waals surface area contributed by atoms with Crippen LogP contribution in [0.3, 0.4) is 0 Å². The summed E-state index contributed by atoms with van der Waals surface area (Å²) in [7, 11) is -5.08. The fourth-order valence-corrected chi connectivity index (χ4v) is 13.8. The molecule has 23 heteroatoms. The van der Waals surface area contributed by atoms with Crippen LogP contribution in [0.15, 0.2) is 66.9 Å². The van der Waals surface area contributed by atoms with Crippen molar-refractivity contribution >= 4 is 60.3 Å². The lowest BCUT2D eigenvalue weighted by Crippen LogP contribution is -2.60. The number of aromatic nitrogens is 1. The Morgan fingerprint density at radius 1 is 1.04 bits per heavy atom. The van der Waals surface area contributed by atoms with Crippen molar-refractivity contribution in [2.24, 2.45) is 11.3 Å². The molecule has 3 aromatic carbocycles. The minimum absolute atomic E-state index is 0.0371. The third kappa shape index (κ3) is 9.82. The summed E-state index contributed by atoms with van der Waals surface area (Å²) in [6, 6.07) is 12.0. The second-order valence-corrected chi connectivity index (χ2v) is 24.4. The maximum absolute atomic E-state index is 16.8. The van der Waals surface area contributed by atoms with Gasteiger partial charge < -0.3 is 34.5 Å². The number of hydrogen-bond acceptors (Lipinski definition) is 11. The fourth-order valence-electron chi connectivity index (χ4n) is 13.4. The van der Waals surface area contributed by atoms with Crippen LogP contribution in [0.1, 0.15) is 135 Å². The van der Waals surface area contributed by atoms with Crippen LogP contribution >= 0.6 is 19.4 Å². The first-order chi connectivity index (χ1) is 38.2. The molecule has 7 aliphatic rings. The highest BCUT2D eigenvalue weighted by Crippen LogP contribution is 2.64. The number of piperidine rings is 2. The van der Waals surface area contributed by atoms with Gasteiger partial charge in [-0.1, -0.05) is 55.5 Å². The SMILES string of the molecule is [2H][C@]1(N2Cc3c(C#CC[C@@H]4CCCN(C(=O)c5ccc6c(c5)O[C@H](C)CN6C(=O)[C@@H]5NC6(CCC(C)(C)CC6)[C@@]6(CNc7cc(C(F)(F)F)ncc76)[C@H]5c5cccc(Cl)c5F)C4)cccc3C2=O)CCC(=O)N(COP(=O)(O)O)C1=O. The predicted octanol–water partition coefficient (Wildman–Crippen LogP) is 8.30. The average Bonchev–Trinajstić information content (AvgIpc) is 1.73. The molecule has 17 nitrogen and oxygen atoms in total. The third-order valence-electron chi connectivity index (χ3n) is 17.4. The van der Waals surface area contributed by atoms with Crippen LogP contribution < -0.4 is 20.3 Å². The van der Waals surface area contributed by atoms with E-state index in [0.29, 0.717) is 84.5 Å². The van der Waals surface area contributed by atoms with E-state index in [0.717, 1.165) is 17.4 Å². The van der Waals surface area contributed by atoms with E-state index in [9.17, 15) is 36.9 Å². The number of likely N-dealkylation sites (tertiary alicyclic amines) is 2. The molecule has 6 atom stereocenters. The van der Waals surface area contributed by atoms with Crippen molar-refractivity contribution in [1.29, 1.82) is 0 Å². The number of phosphoric acid groups is 1. The molecule has 0 bridgehead atoms. The molecule has 1 aliphatic carbocycles. The van der Waals surface area contributed by atoms with Crippen molar-refractivity contribution in [2.75, 3.05) is 43.1 Å². The van der Waals surface area contributed by atoms with E-state index in [1.54, 1.807) is 65.3 Å². The van der Waals surface area contributed by atoms with E-state index in [2.05, 4.69) is 45.8 Å². The molecule has 0 radical (unpaired) electrons. The number of hydrogen-bond donors (Lipinski definition) is 4. The van der Waals surface area contributed by atoms with Gasteiger partial charge in [0.1, 0.15) is 36.1 Å². The van der Waals surface area contributed by atoms with Gasteiger partial charge in [-0.15, -0.1) is 0 Å². The van der Waals surface area contributed by atoms with E-state index in [1.165, 1.54) is 12.3 Å². The number of phosphoric ester groups is 1. The quantitative estimate of drug-likeness (QED) is 0.0567. The van der Waals surface area contributed by atoms with Crippen molar-refractivity contribution in [3.8, 4) is 17.6 Å². The average molecular weight is 1150 g/mol. The Morgan fingerprint density at radius 3 is 2.55 bits per heavy atom. The van der Waals surface area contributed by atoms with Gasteiger partial charge in [0.25, 0.3) is 17.7 Å². The van der Waals surface area contributed by atoms with Crippen molar-refractivity contribution < 1.29 is 66.5 Å². The number of carbonyl (C=O) groups excluding carboxylic acids is 5. The number of benzene rings is 3. The highest BCUT2D eigenvalue weighted by molar-refractivity contribution is 7.46. The zero-order valence-electron chi connectivity index (χ0n) is 45.0. The summed E-state index contributed by atoms with van der Waals surface area (Å²) in [6.07, 6.45) is -0.405. The first kappa shape index (κ1) is 54.2. The standard InChI is InChI=1S/C57H59ClF4N7O10P/c1-32-27-67(53(74)49-47(37-13-6-14-40(58)48(37)59)56(55(65-49)21-19-54(2,3)20-22-55)30-64-41-25-45(57(60,61)62)63-26-39(41)56)42-16-15-35(24-44(42)79-32)50(71)66-23-7-9-33(28-66)8-4-10-34-11-5-12-36-38(34)29-68(51(36)72)43-17-18-46(70)69(52(43)73)31-78-80(75,76)77/h5-6,11-16,24-26,32-33,43,47,49,64-65H,7-9,17-23,27-31H2,1-3H3,(H2,75,76,77)/t32-,33-,43+,47+,49-,56-/m1/s1/i43D. The molecule has 3 saturated heterocycles. The number of imide groups is 1. The number of ether oxygens (including phenoxy) is 1. The number of carbonyl (C=O) groups is 5. The van der Waals surface area contributed by atoms with Crippen LogP contribution in [0.4, 0.5) is 28.9 Å². The molecule has 6 aliphatic heterocycles. The monoisotopic (exact) mass is 1140 g/mol. The van der Waals surface area contributed by atoms with Gasteiger partial charge in [-0.3, -0.25) is 43.7 Å². The Bertz CT molecular complexity index is 3420. The van der Waals surface area contributed by atoms with Crippen LogP contribution in [-0.2, 0) is 41.6 Å². The number of pyridine rings is 1. The Kier molecular flexibility index (Phi) is 13.9. The molecule has 422 valence electrons. The molecule has 5 amide bonds. The number of halogens is 5. The fraction of sp³-hybridized carbons (Fsp3) is 0.474. The smallest absolute Gasteiger partial charge is 0.471 e. The molecule has 4 N–H and O–H groups in total. The predicted molar refractivity (Wildman–Crippen MR) is 284 cm³/mol. The first-order valence-electron chi connectivity index (χ1n) is 27.2. The molecular weight excluding hydrogens is 1090 g/mol. The van der Waals surface area contributed by atoms with Crippen molar-refractivity contribution in [2.45, 2.75) is 126 Å². The Morgan fingerprint density at radius 2 is 1.80 bits per heavy atom. The topological polar surface area (TPSA) is 211 Å². The van der Waals surface area contributed by atoms with Gasteiger partial charge in [-0.2, -0.15) is 13.2 Å². The summed E-state index contributed by atoms with van der Waals surface area (Å²) in [5, 5.41) is 6.86. The molecule has 1 aromatic heterocycles. The minimum atomic E-state index is -5.08. The number of fused-ring (bicyclic) bond motifs is 5. The molecule has 0 unspecified atom stereocenters. The van der Waals surface area contributed by atoms with Crippen LogP contribution in [0.25, 0.3) is 0 Å². The molecule has 7 heterocycles. The number of rotatable bonds is 8. The highest BCUT2D eigenvalue weighted by Gasteiger charge is 2.70. The lowest BCUT2D eigenvalue weighted by molar-refractivity contribution is -0.156. The van der Waals surface area contributed by atoms with E-state index < -0.39 is 90.9 Å². The van der Waals surface area contributed by atoms with E-state index >= 15 is 9.18 Å². The van der Waals surface area contributed by atoms with E-state index in [4.69, 9.17) is 27.5 Å². The molecule has 4 fully saturated rings. The second-order valence-electron chi connectivity index (χ2n) is 22.8. The molecule has 4 aromatic rings. The van der Waals surface area contributed by atoms with Crippen LogP contribution in [-0.4, -0.2) is 116 Å². The zero-order chi connectivity index (χ0) is 57.8. The summed E-state index contributed by atoms with van der Waals surface area (Å²) in [5.41, 5.74) is -0.513. The summed E-state index contributed by atoms with van der Waals surface area (Å²) < 4.78 is 90.4. The minimum Gasteiger partial charge on any atom is -0.487 e. The number of nitrogens with zero attached hydrogens (tertiary/aromatic N) is 5. The third-order valence-corrected chi connectivity index (χ3v) is 18.1. The maximum atomic E-state index is 16.8. The highest BCUT2D eigenvalue weighted by atomic mass is 35.5. The van der Waals surface area contributed by atoms with Crippen LogP contribution in [0.5, 0.6) is 5.75 Å². The summed E-state index contributed by atoms with van der Waals surface area (Å²) in [5.74, 6) is 1.64. The lowest BCUT2D eigenvalue weighted by atomic mass is 9.54. The Balaban J connectivity index is 0.826. The largest absolute Gasteiger partial charge is 0.487 e. The van der Waals surface area contributed by atoms with Gasteiger partial charge in [0.15, 0.2) is 0 Å². The van der Waals surface area contributed by atoms with Gasteiger partial charge in [-0.25, -0.2) is 8.96 Å². The second kappa shape index (κ2) is 20.5. The van der Waals surface area contributed by atoms with Crippen LogP contribution in [0, 0.1) is 29.0 Å². The molecule has 1 saturated carbocycles. The number of nitrogens with one attached hydrogen (secondary N) is 2. The number of alkyl halides is 3. The van der Waals surface area contributed by atoms with Gasteiger partial charge in [0.2, 0.25) is 11.8 Å². The van der Waals surface area contributed by atoms with Gasteiger partial charge in [-0.05, 0) is 117 Å². The molecule has 80 heavy (non-hydrogen) atoms. The molecular formula is C57H59ClF4N7O10P. The molecule has 11 rings (SSSR count). The first-order valence-corrected chi connectivity index (χ1v) is 28.6. The van der Waals surface area contributed by atoms with E-state index in [1.807, 2.05) is 0 Å². The van der Waals surface area contributed by atoms with Gasteiger partial charge in [0.05, 0.1) is 24.7 Å². The van der Waals surface area contributed by atoms with Crippen molar-refractivity contribution in [3.05, 3.63) is 117 Å². The van der Waals surface area contributed by atoms with Crippen molar-refractivity contribution in [3.63, 3.8) is 0 Å². The summed E-state index contributed by atoms with van der Waals surface area (Å²) in [6.45, 7) is 5.87.